The summed E-state index contributed by atoms with van der Waals surface area (Å²) in [4.78, 5) is 27.2. The number of ether oxygens (including phenoxy) is 2. The molecule has 2 amide bonds. The molecule has 0 aromatic heterocycles. The average molecular weight is 447 g/mol. The number of methoxy groups -OCH3 is 1. The van der Waals surface area contributed by atoms with Crippen LogP contribution in [0.25, 0.3) is 0 Å². The van der Waals surface area contributed by atoms with Crippen molar-refractivity contribution in [1.29, 1.82) is 0 Å². The first-order valence-corrected chi connectivity index (χ1v) is 10.9. The Morgan fingerprint density at radius 1 is 1.10 bits per heavy atom. The van der Waals surface area contributed by atoms with Gasteiger partial charge in [-0.15, -0.1) is 0 Å². The Labute approximate surface area is 189 Å². The van der Waals surface area contributed by atoms with Gasteiger partial charge in [-0.1, -0.05) is 55.6 Å². The first kappa shape index (κ1) is 24.5. The molecule has 0 aliphatic carbocycles. The number of unbranched alkanes of at least 4 members (excludes halogenated alkanes) is 2. The molecular weight excluding hydrogens is 416 g/mol. The van der Waals surface area contributed by atoms with Crippen LogP contribution in [0.3, 0.4) is 0 Å². The second-order valence-electron chi connectivity index (χ2n) is 7.26. The fraction of sp³-hybridized carbons (Fsp3) is 0.417. The zero-order valence-electron chi connectivity index (χ0n) is 18.4. The van der Waals surface area contributed by atoms with Crippen LogP contribution < -0.4 is 14.8 Å². The Morgan fingerprint density at radius 2 is 1.81 bits per heavy atom. The lowest BCUT2D eigenvalue weighted by atomic mass is 10.1. The Balaban J connectivity index is 2.10. The lowest BCUT2D eigenvalue weighted by Gasteiger charge is -2.29. The first-order chi connectivity index (χ1) is 15.0. The van der Waals surface area contributed by atoms with Crippen molar-refractivity contribution in [3.63, 3.8) is 0 Å². The van der Waals surface area contributed by atoms with E-state index in [0.29, 0.717) is 17.3 Å². The molecule has 1 unspecified atom stereocenters. The van der Waals surface area contributed by atoms with Gasteiger partial charge in [0.15, 0.2) is 6.61 Å². The van der Waals surface area contributed by atoms with Gasteiger partial charge in [0.25, 0.3) is 5.91 Å². The van der Waals surface area contributed by atoms with Crippen LogP contribution >= 0.6 is 11.6 Å². The molecule has 0 fully saturated rings. The Bertz CT molecular complexity index is 842. The van der Waals surface area contributed by atoms with Crippen molar-refractivity contribution in [2.24, 2.45) is 0 Å². The highest BCUT2D eigenvalue weighted by Gasteiger charge is 2.26. The smallest absolute Gasteiger partial charge is 0.261 e. The number of halogens is 1. The van der Waals surface area contributed by atoms with E-state index in [1.807, 2.05) is 24.3 Å². The molecule has 31 heavy (non-hydrogen) atoms. The number of para-hydroxylation sites is 1. The van der Waals surface area contributed by atoms with E-state index in [1.165, 1.54) is 4.90 Å². The lowest BCUT2D eigenvalue weighted by molar-refractivity contribution is -0.142. The number of nitrogens with zero attached hydrogens (tertiary/aromatic N) is 1. The molecule has 0 saturated heterocycles. The number of benzene rings is 2. The molecule has 2 aromatic rings. The van der Waals surface area contributed by atoms with Gasteiger partial charge in [-0.05, 0) is 43.2 Å². The molecule has 0 bridgehead atoms. The summed E-state index contributed by atoms with van der Waals surface area (Å²) >= 11 is 6.12. The van der Waals surface area contributed by atoms with Gasteiger partial charge in [0.05, 0.1) is 12.1 Å². The molecule has 0 spiro atoms. The zero-order chi connectivity index (χ0) is 22.6. The van der Waals surface area contributed by atoms with Gasteiger partial charge in [-0.2, -0.15) is 0 Å². The average Bonchev–Trinajstić information content (AvgIpc) is 2.79. The Kier molecular flexibility index (Phi) is 10.2. The number of carbonyl (C=O) groups is 2. The standard InChI is InChI=1S/C24H31ClN2O4/c1-4-5-8-15-26-24(29)18(2)27(16-19-11-13-20(30-3)14-12-19)23(28)17-31-22-10-7-6-9-21(22)25/h6-7,9-14,18H,4-5,8,15-17H2,1-3H3,(H,26,29). The van der Waals surface area contributed by atoms with Crippen molar-refractivity contribution in [2.45, 2.75) is 45.7 Å². The Hall–Kier alpha value is -2.73. The molecule has 1 atom stereocenters. The maximum Gasteiger partial charge on any atom is 0.261 e. The SMILES string of the molecule is CCCCCNC(=O)C(C)N(Cc1ccc(OC)cc1)C(=O)COc1ccccc1Cl. The van der Waals surface area contributed by atoms with E-state index in [1.54, 1.807) is 38.3 Å². The van der Waals surface area contributed by atoms with E-state index < -0.39 is 6.04 Å². The van der Waals surface area contributed by atoms with Crippen LogP contribution in [0.5, 0.6) is 11.5 Å². The second-order valence-corrected chi connectivity index (χ2v) is 7.67. The number of hydrogen-bond donors (Lipinski definition) is 1. The predicted molar refractivity (Wildman–Crippen MR) is 122 cm³/mol. The van der Waals surface area contributed by atoms with E-state index in [2.05, 4.69) is 12.2 Å². The number of hydrogen-bond acceptors (Lipinski definition) is 4. The third kappa shape index (κ3) is 7.79. The van der Waals surface area contributed by atoms with Crippen molar-refractivity contribution in [3.8, 4) is 11.5 Å². The van der Waals surface area contributed by atoms with Gasteiger partial charge in [-0.3, -0.25) is 9.59 Å². The highest BCUT2D eigenvalue weighted by atomic mass is 35.5. The quantitative estimate of drug-likeness (QED) is 0.489. The second kappa shape index (κ2) is 12.8. The van der Waals surface area contributed by atoms with Crippen molar-refractivity contribution in [3.05, 3.63) is 59.1 Å². The summed E-state index contributed by atoms with van der Waals surface area (Å²) in [5, 5.41) is 3.35. The maximum atomic E-state index is 13.0. The van der Waals surface area contributed by atoms with Crippen LogP contribution in [0.1, 0.15) is 38.7 Å². The highest BCUT2D eigenvalue weighted by molar-refractivity contribution is 6.32. The molecule has 6 nitrogen and oxygen atoms in total. The molecular formula is C24H31ClN2O4. The minimum atomic E-state index is -0.647. The minimum absolute atomic E-state index is 0.185. The molecule has 0 aliphatic heterocycles. The predicted octanol–water partition coefficient (Wildman–Crippen LogP) is 4.45. The highest BCUT2D eigenvalue weighted by Crippen LogP contribution is 2.23. The molecule has 0 heterocycles. The number of amides is 2. The van der Waals surface area contributed by atoms with Crippen molar-refractivity contribution >= 4 is 23.4 Å². The molecule has 0 aliphatic rings. The summed E-state index contributed by atoms with van der Waals surface area (Å²) in [5.41, 5.74) is 0.887. The van der Waals surface area contributed by atoms with Crippen molar-refractivity contribution in [2.75, 3.05) is 20.3 Å². The number of carbonyl (C=O) groups excluding carboxylic acids is 2. The largest absolute Gasteiger partial charge is 0.497 e. The topological polar surface area (TPSA) is 67.9 Å². The molecule has 0 saturated carbocycles. The van der Waals surface area contributed by atoms with Crippen LogP contribution in [0.15, 0.2) is 48.5 Å². The van der Waals surface area contributed by atoms with Gasteiger partial charge >= 0.3 is 0 Å². The van der Waals surface area contributed by atoms with Crippen LogP contribution in [0, 0.1) is 0 Å². The van der Waals surface area contributed by atoms with E-state index in [0.717, 1.165) is 30.6 Å². The van der Waals surface area contributed by atoms with E-state index in [4.69, 9.17) is 21.1 Å². The molecule has 2 aromatic carbocycles. The fourth-order valence-electron chi connectivity index (χ4n) is 3.03. The van der Waals surface area contributed by atoms with Gasteiger partial charge in [0.1, 0.15) is 17.5 Å². The summed E-state index contributed by atoms with van der Waals surface area (Å²) < 4.78 is 10.8. The maximum absolute atomic E-state index is 13.0. The van der Waals surface area contributed by atoms with Crippen LogP contribution in [-0.4, -0.2) is 43.0 Å². The van der Waals surface area contributed by atoms with Crippen LogP contribution in [0.4, 0.5) is 0 Å². The summed E-state index contributed by atoms with van der Waals surface area (Å²) in [6, 6.07) is 13.7. The first-order valence-electron chi connectivity index (χ1n) is 10.5. The van der Waals surface area contributed by atoms with E-state index >= 15 is 0 Å². The minimum Gasteiger partial charge on any atom is -0.497 e. The molecule has 0 radical (unpaired) electrons. The lowest BCUT2D eigenvalue weighted by Crippen LogP contribution is -2.49. The molecule has 1 N–H and O–H groups in total. The van der Waals surface area contributed by atoms with Gasteiger partial charge in [0.2, 0.25) is 5.91 Å². The normalized spacial score (nSPS) is 11.5. The molecule has 168 valence electrons. The van der Waals surface area contributed by atoms with Gasteiger partial charge < -0.3 is 19.7 Å². The van der Waals surface area contributed by atoms with Gasteiger partial charge in [-0.25, -0.2) is 0 Å². The van der Waals surface area contributed by atoms with Crippen LogP contribution in [0.2, 0.25) is 5.02 Å². The summed E-state index contributed by atoms with van der Waals surface area (Å²) in [6.07, 6.45) is 3.04. The summed E-state index contributed by atoms with van der Waals surface area (Å²) in [7, 11) is 1.60. The number of nitrogens with one attached hydrogen (secondary N) is 1. The molecule has 7 heteroatoms. The van der Waals surface area contributed by atoms with E-state index in [9.17, 15) is 9.59 Å². The third-order valence-corrected chi connectivity index (χ3v) is 5.26. The van der Waals surface area contributed by atoms with Crippen molar-refractivity contribution in [1.82, 2.24) is 10.2 Å². The van der Waals surface area contributed by atoms with Crippen molar-refractivity contribution < 1.29 is 19.1 Å². The summed E-state index contributed by atoms with van der Waals surface area (Å²) in [5.74, 6) is 0.673. The summed E-state index contributed by atoms with van der Waals surface area (Å²) in [6.45, 7) is 4.49. The van der Waals surface area contributed by atoms with Gasteiger partial charge in [0, 0.05) is 13.1 Å². The fourth-order valence-corrected chi connectivity index (χ4v) is 3.22. The van der Waals surface area contributed by atoms with E-state index in [-0.39, 0.29) is 25.0 Å². The monoisotopic (exact) mass is 446 g/mol. The third-order valence-electron chi connectivity index (χ3n) is 4.95. The Morgan fingerprint density at radius 3 is 2.45 bits per heavy atom. The molecule has 2 rings (SSSR count). The number of rotatable bonds is 12. The zero-order valence-corrected chi connectivity index (χ0v) is 19.2. The van der Waals surface area contributed by atoms with Crippen LogP contribution in [-0.2, 0) is 16.1 Å².